The van der Waals surface area contributed by atoms with Gasteiger partial charge in [0.25, 0.3) is 0 Å². The second-order valence-corrected chi connectivity index (χ2v) is 10.3. The molecule has 1 fully saturated rings. The minimum absolute atomic E-state index is 0. The number of nitrogens with zero attached hydrogens (tertiary/aromatic N) is 1. The normalized spacial score (nSPS) is 14.2. The summed E-state index contributed by atoms with van der Waals surface area (Å²) >= 11 is 0. The van der Waals surface area contributed by atoms with E-state index in [1.807, 2.05) is 37.2 Å². The molecule has 0 spiro atoms. The van der Waals surface area contributed by atoms with Crippen molar-refractivity contribution in [2.75, 3.05) is 39.0 Å². The lowest BCUT2D eigenvalue weighted by Crippen LogP contribution is -2.42. The number of aryl methyl sites for hydroxylation is 1. The van der Waals surface area contributed by atoms with Gasteiger partial charge in [-0.3, -0.25) is 4.79 Å². The number of carbonyl (C=O) groups excluding carboxylic acids is 1. The van der Waals surface area contributed by atoms with E-state index < -0.39 is 17.5 Å². The maximum Gasteiger partial charge on any atom is 0.225 e. The highest BCUT2D eigenvalue weighted by molar-refractivity contribution is 5.91. The van der Waals surface area contributed by atoms with Crippen molar-refractivity contribution in [1.82, 2.24) is 10.2 Å². The van der Waals surface area contributed by atoms with Crippen molar-refractivity contribution in [2.45, 2.75) is 38.0 Å². The lowest BCUT2D eigenvalue weighted by molar-refractivity contribution is -0.116. The Hall–Kier alpha value is -2.78. The number of carbonyl (C=O) groups is 1. The van der Waals surface area contributed by atoms with E-state index in [0.29, 0.717) is 30.8 Å². The largest absolute Gasteiger partial charge is 0.454 e. The van der Waals surface area contributed by atoms with Crippen LogP contribution < -0.4 is 15.4 Å². The van der Waals surface area contributed by atoms with Gasteiger partial charge in [0.05, 0.1) is 0 Å². The maximum absolute atomic E-state index is 14.0. The van der Waals surface area contributed by atoms with E-state index in [1.54, 1.807) is 12.1 Å². The molecule has 1 amide bonds. The van der Waals surface area contributed by atoms with Gasteiger partial charge in [0, 0.05) is 36.2 Å². The van der Waals surface area contributed by atoms with E-state index in [9.17, 15) is 18.0 Å². The lowest BCUT2D eigenvalue weighted by atomic mass is 9.68. The Balaban J connectivity index is 0.00000280. The van der Waals surface area contributed by atoms with Crippen molar-refractivity contribution in [3.05, 3.63) is 88.7 Å². The average molecular weight is 599 g/mol. The van der Waals surface area contributed by atoms with Crippen LogP contribution in [0, 0.1) is 24.4 Å². The van der Waals surface area contributed by atoms with Crippen molar-refractivity contribution >= 4 is 36.4 Å². The van der Waals surface area contributed by atoms with Crippen molar-refractivity contribution in [3.63, 3.8) is 0 Å². The Morgan fingerprint density at radius 3 is 2.25 bits per heavy atom. The summed E-state index contributed by atoms with van der Waals surface area (Å²) in [4.78, 5) is 14.4. The number of rotatable bonds is 9. The molecule has 0 aromatic heterocycles. The van der Waals surface area contributed by atoms with Gasteiger partial charge in [-0.1, -0.05) is 18.2 Å². The highest BCUT2D eigenvalue weighted by Crippen LogP contribution is 2.40. The van der Waals surface area contributed by atoms with Gasteiger partial charge in [-0.05, 0) is 94.3 Å². The summed E-state index contributed by atoms with van der Waals surface area (Å²) in [5.74, 6) is -3.45. The molecule has 218 valence electrons. The molecular weight excluding hydrogens is 562 g/mol. The van der Waals surface area contributed by atoms with Crippen molar-refractivity contribution in [2.24, 2.45) is 0 Å². The van der Waals surface area contributed by atoms with E-state index in [-0.39, 0.29) is 41.9 Å². The van der Waals surface area contributed by atoms with Gasteiger partial charge < -0.3 is 20.3 Å². The molecule has 0 atom stereocenters. The summed E-state index contributed by atoms with van der Waals surface area (Å²) in [5.41, 5.74) is 4.13. The molecule has 5 nitrogen and oxygen atoms in total. The Kier molecular flexibility index (Phi) is 12.3. The number of benzene rings is 3. The zero-order chi connectivity index (χ0) is 27.3. The molecule has 1 saturated heterocycles. The second-order valence-electron chi connectivity index (χ2n) is 10.3. The van der Waals surface area contributed by atoms with E-state index in [0.717, 1.165) is 43.6 Å². The fourth-order valence-electron chi connectivity index (χ4n) is 5.04. The molecule has 0 saturated carbocycles. The molecule has 0 radical (unpaired) electrons. The zero-order valence-corrected chi connectivity index (χ0v) is 24.5. The number of nitrogens with one attached hydrogen (secondary N) is 2. The minimum atomic E-state index is -1.26. The van der Waals surface area contributed by atoms with Crippen LogP contribution in [0.1, 0.15) is 36.0 Å². The number of amides is 1. The van der Waals surface area contributed by atoms with E-state index in [4.69, 9.17) is 4.74 Å². The van der Waals surface area contributed by atoms with E-state index in [2.05, 4.69) is 29.7 Å². The Morgan fingerprint density at radius 2 is 1.60 bits per heavy atom. The number of halogens is 5. The molecule has 3 aromatic rings. The van der Waals surface area contributed by atoms with Crippen LogP contribution in [-0.2, 0) is 16.6 Å². The molecule has 40 heavy (non-hydrogen) atoms. The Bertz CT molecular complexity index is 1280. The molecule has 0 bridgehead atoms. The van der Waals surface area contributed by atoms with Crippen LogP contribution in [0.2, 0.25) is 0 Å². The van der Waals surface area contributed by atoms with Crippen LogP contribution in [0.15, 0.2) is 54.6 Å². The third kappa shape index (κ3) is 8.36. The fourth-order valence-corrected chi connectivity index (χ4v) is 5.04. The van der Waals surface area contributed by atoms with Gasteiger partial charge in [-0.25, -0.2) is 13.2 Å². The van der Waals surface area contributed by atoms with Gasteiger partial charge in [0.1, 0.15) is 5.75 Å². The Morgan fingerprint density at radius 1 is 0.950 bits per heavy atom. The minimum Gasteiger partial charge on any atom is -0.454 e. The van der Waals surface area contributed by atoms with Crippen LogP contribution in [-0.4, -0.2) is 44.5 Å². The Labute approximate surface area is 246 Å². The smallest absolute Gasteiger partial charge is 0.225 e. The quantitative estimate of drug-likeness (QED) is 0.266. The monoisotopic (exact) mass is 597 g/mol. The number of anilines is 1. The van der Waals surface area contributed by atoms with Crippen molar-refractivity contribution in [1.29, 1.82) is 0 Å². The number of piperidine rings is 1. The van der Waals surface area contributed by atoms with Crippen LogP contribution >= 0.6 is 24.8 Å². The molecule has 1 aliphatic heterocycles. The molecule has 0 aliphatic carbocycles. The first-order chi connectivity index (χ1) is 18.1. The summed E-state index contributed by atoms with van der Waals surface area (Å²) in [6, 6.07) is 14.5. The fraction of sp³-hybridized carbons (Fsp3) is 0.367. The number of hydrogen-bond donors (Lipinski definition) is 2. The molecule has 10 heteroatoms. The molecule has 1 heterocycles. The zero-order valence-electron chi connectivity index (χ0n) is 22.9. The lowest BCUT2D eigenvalue weighted by Gasteiger charge is -2.40. The second kappa shape index (κ2) is 14.7. The predicted molar refractivity (Wildman–Crippen MR) is 158 cm³/mol. The van der Waals surface area contributed by atoms with Crippen LogP contribution in [0.25, 0.3) is 0 Å². The summed E-state index contributed by atoms with van der Waals surface area (Å²) in [5, 5.41) is 6.50. The molecule has 4 rings (SSSR count). The topological polar surface area (TPSA) is 53.6 Å². The first-order valence-corrected chi connectivity index (χ1v) is 12.8. The van der Waals surface area contributed by atoms with Crippen molar-refractivity contribution in [3.8, 4) is 11.5 Å². The molecular formula is C30H36Cl2F3N3O2. The highest BCUT2D eigenvalue weighted by Gasteiger charge is 2.35. The molecule has 2 N–H and O–H groups in total. The van der Waals surface area contributed by atoms with Gasteiger partial charge in [0.15, 0.2) is 23.2 Å². The van der Waals surface area contributed by atoms with Gasteiger partial charge in [-0.15, -0.1) is 24.8 Å². The third-order valence-electron chi connectivity index (χ3n) is 7.11. The average Bonchev–Trinajstić information content (AvgIpc) is 2.89. The van der Waals surface area contributed by atoms with Crippen molar-refractivity contribution < 1.29 is 22.7 Å². The molecule has 0 unspecified atom stereocenters. The van der Waals surface area contributed by atoms with Gasteiger partial charge in [-0.2, -0.15) is 0 Å². The molecule has 1 aliphatic rings. The first-order valence-electron chi connectivity index (χ1n) is 12.8. The van der Waals surface area contributed by atoms with Crippen LogP contribution in [0.3, 0.4) is 0 Å². The summed E-state index contributed by atoms with van der Waals surface area (Å²) in [6.45, 7) is 4.55. The van der Waals surface area contributed by atoms with Gasteiger partial charge in [0.2, 0.25) is 5.91 Å². The van der Waals surface area contributed by atoms with Crippen LogP contribution in [0.4, 0.5) is 18.9 Å². The summed E-state index contributed by atoms with van der Waals surface area (Å²) in [7, 11) is 3.88. The standard InChI is InChI=1S/C30H34F3N3O2.2ClH/c1-20-4-7-22(35-29(37)10-15-36(2)3)16-24(20)30(11-13-34-14-12-30)19-21-5-8-23(9-6-21)38-28-18-26(32)25(31)17-27(28)33;;/h4-9,16-18,34H,10-15,19H2,1-3H3,(H,35,37);2*1H. The first kappa shape index (κ1) is 33.4. The summed E-state index contributed by atoms with van der Waals surface area (Å²) in [6.07, 6.45) is 3.07. The highest BCUT2D eigenvalue weighted by atomic mass is 35.5. The van der Waals surface area contributed by atoms with Crippen LogP contribution in [0.5, 0.6) is 11.5 Å². The maximum atomic E-state index is 14.0. The number of ether oxygens (including phenoxy) is 1. The van der Waals surface area contributed by atoms with E-state index >= 15 is 0 Å². The predicted octanol–water partition coefficient (Wildman–Crippen LogP) is 6.80. The third-order valence-corrected chi connectivity index (χ3v) is 7.11. The number of hydrogen-bond acceptors (Lipinski definition) is 4. The van der Waals surface area contributed by atoms with E-state index in [1.165, 1.54) is 11.1 Å². The summed E-state index contributed by atoms with van der Waals surface area (Å²) < 4.78 is 46.2. The SMILES string of the molecule is Cc1ccc(NC(=O)CCN(C)C)cc1C1(Cc2ccc(Oc3cc(F)c(F)cc3F)cc2)CCNCC1.Cl.Cl. The van der Waals surface area contributed by atoms with Gasteiger partial charge >= 0.3 is 0 Å². The molecule has 3 aromatic carbocycles.